The van der Waals surface area contributed by atoms with E-state index in [4.69, 9.17) is 4.74 Å². The van der Waals surface area contributed by atoms with Crippen LogP contribution in [0.25, 0.3) is 5.70 Å². The molecule has 4 rings (SSSR count). The number of pyridine rings is 1. The number of ether oxygens (including phenoxy) is 1. The van der Waals surface area contributed by atoms with Gasteiger partial charge < -0.3 is 14.6 Å². The Morgan fingerprint density at radius 1 is 1.26 bits per heavy atom. The molecule has 1 aromatic heterocycles. The number of likely N-dealkylation sites (tertiary alicyclic amines) is 1. The van der Waals surface area contributed by atoms with E-state index in [0.717, 1.165) is 12.1 Å². The van der Waals surface area contributed by atoms with Crippen molar-refractivity contribution in [2.45, 2.75) is 18.9 Å². The monoisotopic (exact) mass is 472 g/mol. The molecule has 11 heteroatoms. The van der Waals surface area contributed by atoms with Crippen LogP contribution >= 0.6 is 0 Å². The predicted octanol–water partition coefficient (Wildman–Crippen LogP) is 3.39. The Morgan fingerprint density at radius 3 is 2.71 bits per heavy atom. The third-order valence-electron chi connectivity index (χ3n) is 5.47. The van der Waals surface area contributed by atoms with E-state index in [1.54, 1.807) is 23.4 Å². The second-order valence-corrected chi connectivity index (χ2v) is 7.83. The standard InChI is InChI=1S/C23H20F3N5O3/c1-2-22(33)30-10-17(11-31-12-19(28-29-31)16-7-8-27-21(32)9-16)20(13-30)34-14-15-3-5-18(6-4-15)23(24,25)26/h2-9,11-12,17,20H,1,10,13-14H2/p+1/b31-11-. The maximum atomic E-state index is 12.8. The number of H-pyrrole nitrogens is 1. The van der Waals surface area contributed by atoms with Crippen LogP contribution in [0.3, 0.4) is 0 Å². The van der Waals surface area contributed by atoms with Crippen LogP contribution in [0.2, 0.25) is 0 Å². The number of amides is 1. The first-order valence-electron chi connectivity index (χ1n) is 10.4. The van der Waals surface area contributed by atoms with Gasteiger partial charge in [-0.3, -0.25) is 9.59 Å². The minimum atomic E-state index is -4.40. The quantitative estimate of drug-likeness (QED) is 0.516. The Morgan fingerprint density at radius 2 is 2.03 bits per heavy atom. The number of alkyl halides is 3. The van der Waals surface area contributed by atoms with Crippen LogP contribution in [0, 0.1) is 5.92 Å². The van der Waals surface area contributed by atoms with Gasteiger partial charge in [-0.25, -0.2) is 0 Å². The first-order chi connectivity index (χ1) is 16.2. The molecule has 0 spiro atoms. The van der Waals surface area contributed by atoms with E-state index < -0.39 is 17.8 Å². The third-order valence-corrected chi connectivity index (χ3v) is 5.47. The number of halogens is 3. The molecule has 176 valence electrons. The van der Waals surface area contributed by atoms with Crippen LogP contribution in [-0.4, -0.2) is 45.9 Å². The van der Waals surface area contributed by atoms with Crippen LogP contribution in [0.15, 0.2) is 76.6 Å². The zero-order chi connectivity index (χ0) is 24.3. The van der Waals surface area contributed by atoms with E-state index in [1.165, 1.54) is 35.2 Å². The first kappa shape index (κ1) is 23.3. The van der Waals surface area contributed by atoms with Gasteiger partial charge >= 0.3 is 6.18 Å². The fourth-order valence-electron chi connectivity index (χ4n) is 3.70. The van der Waals surface area contributed by atoms with Gasteiger partial charge in [-0.15, -0.1) is 4.68 Å². The van der Waals surface area contributed by atoms with E-state index >= 15 is 0 Å². The van der Waals surface area contributed by atoms with Crippen molar-refractivity contribution in [3.63, 3.8) is 0 Å². The van der Waals surface area contributed by atoms with Crippen molar-refractivity contribution < 1.29 is 27.4 Å². The number of hydrogen-bond acceptors (Lipinski definition) is 5. The summed E-state index contributed by atoms with van der Waals surface area (Å²) in [6.07, 6.45) is 1.33. The summed E-state index contributed by atoms with van der Waals surface area (Å²) >= 11 is 0. The summed E-state index contributed by atoms with van der Waals surface area (Å²) < 4.78 is 45.8. The van der Waals surface area contributed by atoms with Gasteiger partial charge in [-0.05, 0) is 29.8 Å². The van der Waals surface area contributed by atoms with Gasteiger partial charge in [0.1, 0.15) is 11.4 Å². The van der Waals surface area contributed by atoms with Gasteiger partial charge in [0.05, 0.1) is 29.3 Å². The molecule has 8 nitrogen and oxygen atoms in total. The maximum absolute atomic E-state index is 12.8. The second kappa shape index (κ2) is 9.56. The molecule has 2 aliphatic rings. The lowest BCUT2D eigenvalue weighted by atomic mass is 10.1. The van der Waals surface area contributed by atoms with E-state index in [2.05, 4.69) is 21.9 Å². The molecule has 2 aliphatic heterocycles. The normalized spacial score (nSPS) is 21.2. The molecule has 2 atom stereocenters. The van der Waals surface area contributed by atoms with Crippen molar-refractivity contribution >= 4 is 17.8 Å². The number of nitrogens with one attached hydrogen (secondary N) is 1. The topological polar surface area (TPSA) is 90.1 Å². The van der Waals surface area contributed by atoms with Gasteiger partial charge in [0.25, 0.3) is 5.70 Å². The number of aromatic nitrogens is 1. The fraction of sp³-hybridized carbons (Fsp3) is 0.261. The summed E-state index contributed by atoms with van der Waals surface area (Å²) in [5.74, 6) is -0.506. The molecular formula is C23H21F3N5O3+. The molecular weight excluding hydrogens is 451 g/mol. The maximum Gasteiger partial charge on any atom is 0.416 e. The Labute approximate surface area is 192 Å². The van der Waals surface area contributed by atoms with Gasteiger partial charge in [-0.1, -0.05) is 18.7 Å². The number of aromatic amines is 1. The highest BCUT2D eigenvalue weighted by Crippen LogP contribution is 2.29. The van der Waals surface area contributed by atoms with E-state index in [9.17, 15) is 22.8 Å². The van der Waals surface area contributed by atoms with Gasteiger partial charge in [0.2, 0.25) is 11.5 Å². The number of carbonyl (C=O) groups excluding carboxylic acids is 1. The van der Waals surface area contributed by atoms with Crippen LogP contribution in [0.1, 0.15) is 16.7 Å². The molecule has 2 unspecified atom stereocenters. The van der Waals surface area contributed by atoms with E-state index in [0.29, 0.717) is 29.9 Å². The number of hydrogen-bond donors (Lipinski definition) is 1. The van der Waals surface area contributed by atoms with Crippen molar-refractivity contribution in [1.82, 2.24) is 9.88 Å². The highest BCUT2D eigenvalue weighted by Gasteiger charge is 2.36. The number of nitrogens with zero attached hydrogens (tertiary/aromatic N) is 4. The predicted molar refractivity (Wildman–Crippen MR) is 117 cm³/mol. The Hall–Kier alpha value is -3.86. The molecule has 0 aliphatic carbocycles. The van der Waals surface area contributed by atoms with Gasteiger partial charge in [-0.2, -0.15) is 13.2 Å². The molecule has 1 fully saturated rings. The molecule has 0 saturated carbocycles. The van der Waals surface area contributed by atoms with Crippen LogP contribution in [-0.2, 0) is 22.3 Å². The average molecular weight is 472 g/mol. The minimum Gasteiger partial charge on any atom is -0.371 e. The van der Waals surface area contributed by atoms with E-state index in [1.807, 2.05) is 0 Å². The second-order valence-electron chi connectivity index (χ2n) is 7.83. The van der Waals surface area contributed by atoms with Crippen molar-refractivity contribution in [3.05, 3.63) is 88.5 Å². The van der Waals surface area contributed by atoms with Crippen LogP contribution in [0.5, 0.6) is 0 Å². The summed E-state index contributed by atoms with van der Waals surface area (Å²) in [5.41, 5.74) is 0.697. The zero-order valence-corrected chi connectivity index (χ0v) is 17.9. The smallest absolute Gasteiger partial charge is 0.371 e. The molecule has 1 saturated heterocycles. The van der Waals surface area contributed by atoms with Crippen molar-refractivity contribution in [2.75, 3.05) is 13.1 Å². The lowest BCUT2D eigenvalue weighted by molar-refractivity contribution is -0.461. The van der Waals surface area contributed by atoms with Crippen LogP contribution in [0.4, 0.5) is 13.2 Å². The largest absolute Gasteiger partial charge is 0.416 e. The highest BCUT2D eigenvalue weighted by molar-refractivity contribution is 5.87. The van der Waals surface area contributed by atoms with Crippen molar-refractivity contribution in [2.24, 2.45) is 16.3 Å². The van der Waals surface area contributed by atoms with Gasteiger partial charge in [0.15, 0.2) is 6.20 Å². The molecule has 1 amide bonds. The highest BCUT2D eigenvalue weighted by atomic mass is 19.4. The summed E-state index contributed by atoms with van der Waals surface area (Å²) in [6, 6.07) is 7.87. The lowest BCUT2D eigenvalue weighted by Gasteiger charge is -2.16. The average Bonchev–Trinajstić information content (AvgIpc) is 3.44. The lowest BCUT2D eigenvalue weighted by Crippen LogP contribution is -2.28. The number of benzene rings is 1. The van der Waals surface area contributed by atoms with Crippen LogP contribution < -0.4 is 5.56 Å². The zero-order valence-electron chi connectivity index (χ0n) is 17.9. The molecule has 0 bridgehead atoms. The molecule has 0 radical (unpaired) electrons. The molecule has 2 aromatic rings. The molecule has 1 N–H and O–H groups in total. The summed E-state index contributed by atoms with van der Waals surface area (Å²) in [5, 5.41) is 8.16. The Kier molecular flexibility index (Phi) is 6.55. The summed E-state index contributed by atoms with van der Waals surface area (Å²) in [6.45, 7) is 4.24. The summed E-state index contributed by atoms with van der Waals surface area (Å²) in [4.78, 5) is 27.8. The minimum absolute atomic E-state index is 0.0820. The summed E-state index contributed by atoms with van der Waals surface area (Å²) in [7, 11) is 0. The molecule has 3 heterocycles. The molecule has 1 aromatic carbocycles. The molecule has 34 heavy (non-hydrogen) atoms. The van der Waals surface area contributed by atoms with Crippen molar-refractivity contribution in [1.29, 1.82) is 0 Å². The Balaban J connectivity index is 1.49. The first-order valence-corrected chi connectivity index (χ1v) is 10.4. The van der Waals surface area contributed by atoms with Crippen molar-refractivity contribution in [3.8, 4) is 0 Å². The van der Waals surface area contributed by atoms with Gasteiger partial charge in [0, 0.05) is 30.9 Å². The van der Waals surface area contributed by atoms with E-state index in [-0.39, 0.29) is 24.0 Å². The number of rotatable bonds is 6. The Bertz CT molecular complexity index is 1230. The number of carbonyl (C=O) groups is 1. The fourth-order valence-corrected chi connectivity index (χ4v) is 3.70. The SMILES string of the molecule is C=CC(=O)N1CC(/C=[N+]2/C=C(c3cc[nH]c(=O)c3)N=N2)C(OCc2ccc(C(F)(F)F)cc2)C1. The third kappa shape index (κ3) is 5.37.